The molecule has 1 heterocycles. The molecule has 0 bridgehead atoms. The summed E-state index contributed by atoms with van der Waals surface area (Å²) >= 11 is 3.06. The lowest BCUT2D eigenvalue weighted by molar-refractivity contribution is 0.147. The van der Waals surface area contributed by atoms with Crippen LogP contribution in [0.4, 0.5) is 8.78 Å². The van der Waals surface area contributed by atoms with Crippen molar-refractivity contribution in [2.24, 2.45) is 0 Å². The monoisotopic (exact) mass is 251 g/mol. The first-order valence-corrected chi connectivity index (χ1v) is 4.72. The van der Waals surface area contributed by atoms with E-state index in [1.807, 2.05) is 0 Å². The number of hydrogen-bond acceptors (Lipinski definition) is 2. The third-order valence-corrected chi connectivity index (χ3v) is 2.12. The Kier molecular flexibility index (Phi) is 3.19. The summed E-state index contributed by atoms with van der Waals surface area (Å²) in [6.45, 7) is 1.61. The van der Waals surface area contributed by atoms with Crippen LogP contribution < -0.4 is 0 Å². The third-order valence-electron chi connectivity index (χ3n) is 1.58. The van der Waals surface area contributed by atoms with Gasteiger partial charge >= 0.3 is 0 Å². The first-order chi connectivity index (χ1) is 6.06. The van der Waals surface area contributed by atoms with E-state index in [4.69, 9.17) is 0 Å². The highest BCUT2D eigenvalue weighted by atomic mass is 79.9. The second kappa shape index (κ2) is 4.00. The van der Waals surface area contributed by atoms with Gasteiger partial charge in [0.1, 0.15) is 5.75 Å². The molecule has 0 aliphatic heterocycles. The minimum absolute atomic E-state index is 0.246. The van der Waals surface area contributed by atoms with Crippen LogP contribution in [0.15, 0.2) is 6.07 Å². The molecule has 0 saturated heterocycles. The Bertz CT molecular complexity index is 317. The van der Waals surface area contributed by atoms with Gasteiger partial charge in [-0.25, -0.2) is 8.78 Å². The Hall–Kier alpha value is -0.710. The molecule has 1 rings (SSSR count). The topological polar surface area (TPSA) is 33.1 Å². The molecule has 2 nitrogen and oxygen atoms in total. The van der Waals surface area contributed by atoms with Gasteiger partial charge in [0, 0.05) is 11.0 Å². The minimum atomic E-state index is -2.67. The summed E-state index contributed by atoms with van der Waals surface area (Å²) < 4.78 is 24.6. The summed E-state index contributed by atoms with van der Waals surface area (Å²) in [4.78, 5) is 3.90. The maximum absolute atomic E-state index is 12.3. The first-order valence-electron chi connectivity index (χ1n) is 3.59. The lowest BCUT2D eigenvalue weighted by Gasteiger charge is -2.07. The van der Waals surface area contributed by atoms with Gasteiger partial charge in [-0.1, -0.05) is 15.9 Å². The predicted molar refractivity (Wildman–Crippen MR) is 48.2 cm³/mol. The van der Waals surface area contributed by atoms with Crippen LogP contribution in [0, 0.1) is 6.92 Å². The van der Waals surface area contributed by atoms with Gasteiger partial charge in [-0.05, 0) is 13.0 Å². The van der Waals surface area contributed by atoms with E-state index in [0.717, 1.165) is 0 Å². The molecule has 0 aromatic carbocycles. The molecule has 0 aliphatic carbocycles. The van der Waals surface area contributed by atoms with E-state index in [-0.39, 0.29) is 16.6 Å². The largest absolute Gasteiger partial charge is 0.505 e. The molecule has 0 unspecified atom stereocenters. The molecular weight excluding hydrogens is 244 g/mol. The number of pyridine rings is 1. The number of halogens is 3. The average Bonchev–Trinajstić information content (AvgIpc) is 2.08. The SMILES string of the molecule is Cc1cc(C(F)F)c(O)c(CBr)n1. The summed E-state index contributed by atoms with van der Waals surface area (Å²) in [6.07, 6.45) is -2.67. The Labute approximate surface area is 82.7 Å². The molecule has 1 aromatic rings. The number of aryl methyl sites for hydroxylation is 1. The van der Waals surface area contributed by atoms with Crippen molar-refractivity contribution in [2.45, 2.75) is 18.7 Å². The van der Waals surface area contributed by atoms with Gasteiger partial charge in [-0.15, -0.1) is 0 Å². The summed E-state index contributed by atoms with van der Waals surface area (Å²) in [7, 11) is 0. The van der Waals surface area contributed by atoms with Crippen LogP contribution in [0.1, 0.15) is 23.4 Å². The number of hydrogen-bond donors (Lipinski definition) is 1. The van der Waals surface area contributed by atoms with E-state index in [1.54, 1.807) is 6.92 Å². The number of rotatable bonds is 2. The van der Waals surface area contributed by atoms with Gasteiger partial charge in [0.15, 0.2) is 0 Å². The van der Waals surface area contributed by atoms with Gasteiger partial charge in [0.25, 0.3) is 6.43 Å². The van der Waals surface area contributed by atoms with Crippen molar-refractivity contribution in [3.8, 4) is 5.75 Å². The molecule has 0 radical (unpaired) electrons. The van der Waals surface area contributed by atoms with E-state index in [9.17, 15) is 13.9 Å². The highest BCUT2D eigenvalue weighted by Gasteiger charge is 2.16. The van der Waals surface area contributed by atoms with E-state index in [1.165, 1.54) is 6.07 Å². The van der Waals surface area contributed by atoms with Gasteiger partial charge in [-0.2, -0.15) is 0 Å². The summed E-state index contributed by atoms with van der Waals surface area (Å²) in [5.74, 6) is -0.419. The van der Waals surface area contributed by atoms with Crippen molar-refractivity contribution in [1.29, 1.82) is 0 Å². The van der Waals surface area contributed by atoms with Gasteiger partial charge in [-0.3, -0.25) is 4.98 Å². The van der Waals surface area contributed by atoms with Crippen molar-refractivity contribution < 1.29 is 13.9 Å². The first kappa shape index (κ1) is 10.4. The van der Waals surface area contributed by atoms with E-state index in [0.29, 0.717) is 5.69 Å². The molecule has 0 fully saturated rings. The van der Waals surface area contributed by atoms with Crippen LogP contribution in [-0.2, 0) is 5.33 Å². The van der Waals surface area contributed by atoms with Crippen LogP contribution in [0.2, 0.25) is 0 Å². The molecule has 72 valence electrons. The van der Waals surface area contributed by atoms with E-state index >= 15 is 0 Å². The quantitative estimate of drug-likeness (QED) is 0.821. The molecule has 0 saturated carbocycles. The maximum Gasteiger partial charge on any atom is 0.267 e. The van der Waals surface area contributed by atoms with E-state index in [2.05, 4.69) is 20.9 Å². The highest BCUT2D eigenvalue weighted by Crippen LogP contribution is 2.31. The lowest BCUT2D eigenvalue weighted by atomic mass is 10.2. The summed E-state index contributed by atoms with van der Waals surface area (Å²) in [5.41, 5.74) is 0.361. The van der Waals surface area contributed by atoms with Crippen molar-refractivity contribution in [3.63, 3.8) is 0 Å². The fourth-order valence-corrected chi connectivity index (χ4v) is 1.41. The number of aromatic nitrogens is 1. The third kappa shape index (κ3) is 2.15. The maximum atomic E-state index is 12.3. The van der Waals surface area contributed by atoms with Crippen molar-refractivity contribution in [2.75, 3.05) is 0 Å². The Balaban J connectivity index is 3.27. The van der Waals surface area contributed by atoms with Crippen LogP contribution in [0.5, 0.6) is 5.75 Å². The zero-order chi connectivity index (χ0) is 10.0. The van der Waals surface area contributed by atoms with Gasteiger partial charge in [0.05, 0.1) is 11.3 Å². The minimum Gasteiger partial charge on any atom is -0.505 e. The Morgan fingerprint density at radius 3 is 2.69 bits per heavy atom. The second-order valence-electron chi connectivity index (χ2n) is 2.58. The summed E-state index contributed by atoms with van der Waals surface area (Å²) in [6, 6.07) is 1.19. The number of nitrogens with zero attached hydrogens (tertiary/aromatic N) is 1. The molecule has 1 aromatic heterocycles. The molecule has 0 spiro atoms. The molecule has 5 heteroatoms. The normalized spacial score (nSPS) is 10.8. The van der Waals surface area contributed by atoms with Gasteiger partial charge in [0.2, 0.25) is 0 Å². The zero-order valence-corrected chi connectivity index (χ0v) is 8.48. The fourth-order valence-electron chi connectivity index (χ4n) is 1.02. The Morgan fingerprint density at radius 2 is 2.23 bits per heavy atom. The average molecular weight is 252 g/mol. The molecule has 0 atom stereocenters. The van der Waals surface area contributed by atoms with Crippen LogP contribution in [0.25, 0.3) is 0 Å². The summed E-state index contributed by atoms with van der Waals surface area (Å²) in [5, 5.41) is 9.58. The molecular formula is C8H8BrF2NO. The lowest BCUT2D eigenvalue weighted by Crippen LogP contribution is -1.95. The number of aromatic hydroxyl groups is 1. The fraction of sp³-hybridized carbons (Fsp3) is 0.375. The molecule has 1 N–H and O–H groups in total. The van der Waals surface area contributed by atoms with Crippen molar-refractivity contribution in [1.82, 2.24) is 4.98 Å². The Morgan fingerprint density at radius 1 is 1.62 bits per heavy atom. The van der Waals surface area contributed by atoms with Crippen molar-refractivity contribution >= 4 is 15.9 Å². The van der Waals surface area contributed by atoms with Crippen LogP contribution in [-0.4, -0.2) is 10.1 Å². The van der Waals surface area contributed by atoms with E-state index < -0.39 is 12.2 Å². The smallest absolute Gasteiger partial charge is 0.267 e. The standard InChI is InChI=1S/C8H8BrF2NO/c1-4-2-5(8(10)11)7(13)6(3-9)12-4/h2,8,13H,3H2,1H3. The molecule has 13 heavy (non-hydrogen) atoms. The van der Waals surface area contributed by atoms with Crippen molar-refractivity contribution in [3.05, 3.63) is 23.0 Å². The number of alkyl halides is 3. The molecule has 0 aliphatic rings. The van der Waals surface area contributed by atoms with Crippen LogP contribution in [0.3, 0.4) is 0 Å². The zero-order valence-electron chi connectivity index (χ0n) is 6.89. The molecule has 0 amide bonds. The predicted octanol–water partition coefficient (Wildman–Crippen LogP) is 2.93. The second-order valence-corrected chi connectivity index (χ2v) is 3.14. The van der Waals surface area contributed by atoms with Crippen LogP contribution >= 0.6 is 15.9 Å². The highest BCUT2D eigenvalue weighted by molar-refractivity contribution is 9.08. The van der Waals surface area contributed by atoms with Gasteiger partial charge < -0.3 is 5.11 Å².